The van der Waals surface area contributed by atoms with Crippen LogP contribution < -0.4 is 10.6 Å². The summed E-state index contributed by atoms with van der Waals surface area (Å²) >= 11 is 0. The van der Waals surface area contributed by atoms with Crippen molar-refractivity contribution in [1.82, 2.24) is 10.6 Å². The van der Waals surface area contributed by atoms with Gasteiger partial charge in [-0.05, 0) is 18.6 Å². The lowest BCUT2D eigenvalue weighted by Crippen LogP contribution is -2.34. The zero-order valence-electron chi connectivity index (χ0n) is 11.8. The lowest BCUT2D eigenvalue weighted by molar-refractivity contribution is -0.135. The summed E-state index contributed by atoms with van der Waals surface area (Å²) < 4.78 is 4.75. The van der Waals surface area contributed by atoms with Gasteiger partial charge in [-0.15, -0.1) is 0 Å². The smallest absolute Gasteiger partial charge is 0.407 e. The molecular formula is C15H18N2O4. The van der Waals surface area contributed by atoms with Crippen molar-refractivity contribution in [3.8, 4) is 0 Å². The van der Waals surface area contributed by atoms with E-state index in [9.17, 15) is 14.4 Å². The van der Waals surface area contributed by atoms with Crippen LogP contribution in [0.4, 0.5) is 4.79 Å². The Morgan fingerprint density at radius 3 is 2.52 bits per heavy atom. The molecule has 0 bridgehead atoms. The molecule has 2 amide bonds. The van der Waals surface area contributed by atoms with Crippen LogP contribution in [0.3, 0.4) is 0 Å². The summed E-state index contributed by atoms with van der Waals surface area (Å²) in [7, 11) is 0. The number of hydrogen-bond donors (Lipinski definition) is 2. The van der Waals surface area contributed by atoms with Gasteiger partial charge in [0.05, 0.1) is 6.54 Å². The number of nitrogens with one attached hydrogen (secondary N) is 2. The molecule has 0 atom stereocenters. The maximum Gasteiger partial charge on any atom is 0.407 e. The summed E-state index contributed by atoms with van der Waals surface area (Å²) in [6, 6.07) is 9.18. The molecule has 0 aliphatic heterocycles. The molecule has 1 aromatic carbocycles. The van der Waals surface area contributed by atoms with Gasteiger partial charge in [-0.2, -0.15) is 0 Å². The minimum Gasteiger partial charge on any atom is -0.448 e. The van der Waals surface area contributed by atoms with E-state index in [1.165, 1.54) is 6.08 Å². The Morgan fingerprint density at radius 1 is 1.14 bits per heavy atom. The zero-order valence-corrected chi connectivity index (χ0v) is 11.8. The van der Waals surface area contributed by atoms with Crippen molar-refractivity contribution in [2.45, 2.75) is 6.92 Å². The third kappa shape index (κ3) is 6.91. The second-order valence-corrected chi connectivity index (χ2v) is 4.03. The predicted octanol–water partition coefficient (Wildman–Crippen LogP) is 1.13. The van der Waals surface area contributed by atoms with Crippen LogP contribution in [0.2, 0.25) is 0 Å². The van der Waals surface area contributed by atoms with Crippen LogP contribution in [-0.4, -0.2) is 37.5 Å². The van der Waals surface area contributed by atoms with Gasteiger partial charge < -0.3 is 15.4 Å². The van der Waals surface area contributed by atoms with Gasteiger partial charge >= 0.3 is 6.09 Å². The molecular weight excluding hydrogens is 272 g/mol. The number of ketones is 1. The normalized spacial score (nSPS) is 10.1. The summed E-state index contributed by atoms with van der Waals surface area (Å²) in [6.45, 7) is 2.32. The Balaban J connectivity index is 2.27. The van der Waals surface area contributed by atoms with Crippen molar-refractivity contribution in [3.63, 3.8) is 0 Å². The quantitative estimate of drug-likeness (QED) is 0.448. The van der Waals surface area contributed by atoms with Crippen molar-refractivity contribution in [3.05, 3.63) is 42.0 Å². The Hall–Kier alpha value is -2.63. The molecule has 6 heteroatoms. The van der Waals surface area contributed by atoms with Gasteiger partial charge in [-0.25, -0.2) is 4.79 Å². The Labute approximate surface area is 123 Å². The second kappa shape index (κ2) is 9.30. The molecule has 21 heavy (non-hydrogen) atoms. The van der Waals surface area contributed by atoms with Crippen molar-refractivity contribution in [2.24, 2.45) is 0 Å². The number of ether oxygens (including phenoxy) is 1. The molecule has 1 aromatic rings. The highest BCUT2D eigenvalue weighted by molar-refractivity contribution is 6.41. The van der Waals surface area contributed by atoms with Crippen molar-refractivity contribution < 1.29 is 19.1 Å². The first-order chi connectivity index (χ1) is 10.1. The summed E-state index contributed by atoms with van der Waals surface area (Å²) in [5, 5.41) is 4.81. The van der Waals surface area contributed by atoms with E-state index < -0.39 is 17.8 Å². The van der Waals surface area contributed by atoms with Gasteiger partial charge in [0.25, 0.3) is 5.91 Å². The van der Waals surface area contributed by atoms with Crippen molar-refractivity contribution in [1.29, 1.82) is 0 Å². The topological polar surface area (TPSA) is 84.5 Å². The second-order valence-electron chi connectivity index (χ2n) is 4.03. The average molecular weight is 290 g/mol. The number of rotatable bonds is 7. The summed E-state index contributed by atoms with van der Waals surface area (Å²) in [6.07, 6.45) is 2.21. The first-order valence-corrected chi connectivity index (χ1v) is 6.59. The van der Waals surface area contributed by atoms with Gasteiger partial charge in [0.1, 0.15) is 6.61 Å². The molecule has 1 rings (SSSR count). The number of carbonyl (C=O) groups is 3. The van der Waals surface area contributed by atoms with Gasteiger partial charge in [0.2, 0.25) is 5.78 Å². The Bertz CT molecular complexity index is 512. The molecule has 0 unspecified atom stereocenters. The van der Waals surface area contributed by atoms with Crippen LogP contribution in [0.5, 0.6) is 0 Å². The van der Waals surface area contributed by atoms with Crippen molar-refractivity contribution >= 4 is 23.9 Å². The summed E-state index contributed by atoms with van der Waals surface area (Å²) in [5.74, 6) is -1.39. The van der Waals surface area contributed by atoms with Gasteiger partial charge in [-0.1, -0.05) is 36.4 Å². The van der Waals surface area contributed by atoms with Crippen molar-refractivity contribution in [2.75, 3.05) is 19.7 Å². The van der Waals surface area contributed by atoms with E-state index in [1.54, 1.807) is 13.0 Å². The van der Waals surface area contributed by atoms with E-state index in [-0.39, 0.29) is 13.2 Å². The van der Waals surface area contributed by atoms with Crippen LogP contribution in [0.25, 0.3) is 6.08 Å². The molecule has 6 nitrogen and oxygen atoms in total. The van der Waals surface area contributed by atoms with Gasteiger partial charge in [0, 0.05) is 6.54 Å². The molecule has 0 aromatic heterocycles. The molecule has 0 fully saturated rings. The number of alkyl carbamates (subject to hydrolysis) is 1. The van der Waals surface area contributed by atoms with Crippen LogP contribution in [0, 0.1) is 0 Å². The monoisotopic (exact) mass is 290 g/mol. The largest absolute Gasteiger partial charge is 0.448 e. The number of carbonyl (C=O) groups excluding carboxylic acids is 3. The molecule has 0 saturated carbocycles. The van der Waals surface area contributed by atoms with E-state index in [2.05, 4.69) is 10.6 Å². The van der Waals surface area contributed by atoms with E-state index >= 15 is 0 Å². The van der Waals surface area contributed by atoms with E-state index in [0.29, 0.717) is 6.54 Å². The molecule has 0 spiro atoms. The van der Waals surface area contributed by atoms with Crippen LogP contribution >= 0.6 is 0 Å². The van der Waals surface area contributed by atoms with E-state index in [4.69, 9.17) is 4.74 Å². The van der Waals surface area contributed by atoms with Crippen LogP contribution in [0.1, 0.15) is 12.5 Å². The molecule has 2 N–H and O–H groups in total. The maximum atomic E-state index is 11.5. The minimum atomic E-state index is -0.735. The van der Waals surface area contributed by atoms with E-state index in [1.807, 2.05) is 30.3 Å². The highest BCUT2D eigenvalue weighted by Crippen LogP contribution is 2.00. The maximum absolute atomic E-state index is 11.5. The van der Waals surface area contributed by atoms with Crippen LogP contribution in [0.15, 0.2) is 36.4 Å². The zero-order chi connectivity index (χ0) is 15.5. The minimum absolute atomic E-state index is 0.00720. The number of benzene rings is 1. The fraction of sp³-hybridized carbons (Fsp3) is 0.267. The highest BCUT2D eigenvalue weighted by Gasteiger charge is 2.09. The summed E-state index contributed by atoms with van der Waals surface area (Å²) in [4.78, 5) is 34.0. The Kier molecular flexibility index (Phi) is 7.28. The molecule has 0 saturated heterocycles. The molecule has 0 aliphatic carbocycles. The number of amides is 2. The molecule has 0 radical (unpaired) electrons. The fourth-order valence-corrected chi connectivity index (χ4v) is 1.40. The van der Waals surface area contributed by atoms with E-state index in [0.717, 1.165) is 5.56 Å². The standard InChI is InChI=1S/C15H18N2O4/c1-2-16-15(20)21-11-10-17-14(19)13(18)9-8-12-6-4-3-5-7-12/h3-9H,2,10-11H2,1H3,(H,16,20)(H,17,19). The lowest BCUT2D eigenvalue weighted by Gasteiger charge is -2.05. The summed E-state index contributed by atoms with van der Waals surface area (Å²) in [5.41, 5.74) is 0.832. The third-order valence-corrected chi connectivity index (χ3v) is 2.39. The third-order valence-electron chi connectivity index (χ3n) is 2.39. The molecule has 112 valence electrons. The Morgan fingerprint density at radius 2 is 1.86 bits per heavy atom. The first-order valence-electron chi connectivity index (χ1n) is 6.59. The van der Waals surface area contributed by atoms with Gasteiger partial charge in [-0.3, -0.25) is 9.59 Å². The molecule has 0 aliphatic rings. The highest BCUT2D eigenvalue weighted by atomic mass is 16.5. The fourth-order valence-electron chi connectivity index (χ4n) is 1.40. The molecule has 0 heterocycles. The predicted molar refractivity (Wildman–Crippen MR) is 78.5 cm³/mol. The average Bonchev–Trinajstić information content (AvgIpc) is 2.50. The van der Waals surface area contributed by atoms with Crippen LogP contribution in [-0.2, 0) is 14.3 Å². The lowest BCUT2D eigenvalue weighted by atomic mass is 10.2. The SMILES string of the molecule is CCNC(=O)OCCNC(=O)C(=O)C=Cc1ccccc1. The first kappa shape index (κ1) is 16.4. The van der Waals surface area contributed by atoms with Gasteiger partial charge in [0.15, 0.2) is 0 Å². The number of hydrogen-bond acceptors (Lipinski definition) is 4.